The van der Waals surface area contributed by atoms with Crippen LogP contribution in [0.1, 0.15) is 34.1 Å². The molecule has 4 N–H and O–H groups in total. The van der Waals surface area contributed by atoms with E-state index in [-0.39, 0.29) is 30.5 Å². The van der Waals surface area contributed by atoms with Crippen LogP contribution in [0.3, 0.4) is 0 Å². The number of hydrogen-bond acceptors (Lipinski definition) is 3. The average Bonchev–Trinajstić information content (AvgIpc) is 2.15. The van der Waals surface area contributed by atoms with Gasteiger partial charge in [-0.1, -0.05) is 20.8 Å². The average molecular weight is 246 g/mol. The zero-order valence-electron chi connectivity index (χ0n) is 10.8. The van der Waals surface area contributed by atoms with Gasteiger partial charge in [-0.3, -0.25) is 0 Å². The van der Waals surface area contributed by atoms with Crippen molar-refractivity contribution in [2.24, 2.45) is 5.41 Å². The minimum absolute atomic E-state index is 0.00729. The Balaban J connectivity index is 3.85. The molecule has 100 valence electrons. The fourth-order valence-corrected chi connectivity index (χ4v) is 0.910. The predicted octanol–water partition coefficient (Wildman–Crippen LogP) is 0.556. The summed E-state index contributed by atoms with van der Waals surface area (Å²) in [4.78, 5) is 21.7. The lowest BCUT2D eigenvalue weighted by atomic mass is 9.88. The van der Waals surface area contributed by atoms with Crippen LogP contribution in [0, 0.1) is 5.41 Å². The van der Waals surface area contributed by atoms with Gasteiger partial charge in [-0.05, 0) is 12.3 Å². The molecule has 0 spiro atoms. The van der Waals surface area contributed by atoms with Crippen molar-refractivity contribution in [3.05, 3.63) is 0 Å². The molecule has 0 aromatic rings. The molecule has 0 aliphatic carbocycles. The van der Waals surface area contributed by atoms with Gasteiger partial charge in [0, 0.05) is 19.0 Å². The molecule has 6 heteroatoms. The minimum Gasteiger partial charge on any atom is -0.479 e. The third kappa shape index (κ3) is 6.78. The summed E-state index contributed by atoms with van der Waals surface area (Å²) in [5, 5.41) is 22.6. The van der Waals surface area contributed by atoms with Crippen LogP contribution in [0.15, 0.2) is 0 Å². The maximum absolute atomic E-state index is 11.4. The number of rotatable bonds is 5. The van der Waals surface area contributed by atoms with Gasteiger partial charge in [0.05, 0.1) is 0 Å². The van der Waals surface area contributed by atoms with Crippen molar-refractivity contribution in [3.63, 3.8) is 0 Å². The summed E-state index contributed by atoms with van der Waals surface area (Å²) in [5.41, 5.74) is -0.0437. The van der Waals surface area contributed by atoms with Gasteiger partial charge in [0.1, 0.15) is 0 Å². The summed E-state index contributed by atoms with van der Waals surface area (Å²) >= 11 is 0. The third-order valence-corrected chi connectivity index (χ3v) is 2.64. The molecular formula is C11H22N2O4. The number of carbonyl (C=O) groups excluding carboxylic acids is 1. The van der Waals surface area contributed by atoms with Crippen molar-refractivity contribution >= 4 is 12.0 Å². The van der Waals surface area contributed by atoms with Gasteiger partial charge >= 0.3 is 12.0 Å². The molecule has 0 aromatic heterocycles. The number of urea groups is 1. The number of carbonyl (C=O) groups is 2. The molecule has 2 unspecified atom stereocenters. The molecule has 0 heterocycles. The number of aliphatic carboxylic acids is 1. The zero-order valence-corrected chi connectivity index (χ0v) is 10.8. The van der Waals surface area contributed by atoms with Crippen molar-refractivity contribution in [3.8, 4) is 0 Å². The van der Waals surface area contributed by atoms with E-state index >= 15 is 0 Å². The first-order chi connectivity index (χ1) is 7.64. The normalized spacial score (nSPS) is 14.9. The van der Waals surface area contributed by atoms with Gasteiger partial charge in [-0.2, -0.15) is 0 Å². The molecule has 17 heavy (non-hydrogen) atoms. The lowest BCUT2D eigenvalue weighted by Crippen LogP contribution is -2.47. The fraction of sp³-hybridized carbons (Fsp3) is 0.818. The molecule has 0 bridgehead atoms. The summed E-state index contributed by atoms with van der Waals surface area (Å²) in [6, 6.07) is -0.364. The lowest BCUT2D eigenvalue weighted by Gasteiger charge is -2.28. The Morgan fingerprint density at radius 3 is 2.24 bits per heavy atom. The number of aliphatic hydroxyl groups is 1. The minimum atomic E-state index is -1.43. The first kappa shape index (κ1) is 15.7. The summed E-state index contributed by atoms with van der Waals surface area (Å²) in [7, 11) is 0. The van der Waals surface area contributed by atoms with E-state index in [9.17, 15) is 9.59 Å². The highest BCUT2D eigenvalue weighted by Crippen LogP contribution is 2.18. The Kier molecular flexibility index (Phi) is 5.95. The van der Waals surface area contributed by atoms with Crippen molar-refractivity contribution in [1.29, 1.82) is 0 Å². The summed E-state index contributed by atoms with van der Waals surface area (Å²) in [6.07, 6.45) is -1.44. The van der Waals surface area contributed by atoms with Gasteiger partial charge in [-0.25, -0.2) is 9.59 Å². The Hall–Kier alpha value is -1.30. The van der Waals surface area contributed by atoms with Crippen LogP contribution in [-0.4, -0.2) is 40.9 Å². The number of aliphatic hydroxyl groups excluding tert-OH is 1. The van der Waals surface area contributed by atoms with Gasteiger partial charge in [0.2, 0.25) is 0 Å². The standard InChI is InChI=1S/C11H22N2O4/c1-7(11(2,3)4)13-10(17)12-6-5-8(14)9(15)16/h7-8,14H,5-6H2,1-4H3,(H,15,16)(H2,12,13,17). The van der Waals surface area contributed by atoms with Crippen LogP contribution in [0.25, 0.3) is 0 Å². The number of hydrogen-bond donors (Lipinski definition) is 4. The molecule has 0 rings (SSSR count). The van der Waals surface area contributed by atoms with E-state index in [0.29, 0.717) is 0 Å². The van der Waals surface area contributed by atoms with Gasteiger partial charge < -0.3 is 20.8 Å². The van der Waals surface area contributed by atoms with Crippen molar-refractivity contribution in [1.82, 2.24) is 10.6 Å². The highest BCUT2D eigenvalue weighted by molar-refractivity contribution is 5.74. The van der Waals surface area contributed by atoms with Crippen LogP contribution in [0.4, 0.5) is 4.79 Å². The predicted molar refractivity (Wildman–Crippen MR) is 63.7 cm³/mol. The molecule has 0 saturated carbocycles. The molecule has 0 aliphatic heterocycles. The molecule has 0 saturated heterocycles. The smallest absolute Gasteiger partial charge is 0.332 e. The fourth-order valence-electron chi connectivity index (χ4n) is 0.910. The number of nitrogens with one attached hydrogen (secondary N) is 2. The second-order valence-electron chi connectivity index (χ2n) is 5.13. The number of carboxylic acid groups (broad SMARTS) is 1. The lowest BCUT2D eigenvalue weighted by molar-refractivity contribution is -0.146. The van der Waals surface area contributed by atoms with E-state index in [4.69, 9.17) is 10.2 Å². The number of carboxylic acids is 1. The second kappa shape index (κ2) is 6.44. The van der Waals surface area contributed by atoms with E-state index in [1.807, 2.05) is 27.7 Å². The van der Waals surface area contributed by atoms with Crippen LogP contribution in [0.2, 0.25) is 0 Å². The first-order valence-electron chi connectivity index (χ1n) is 5.60. The summed E-state index contributed by atoms with van der Waals surface area (Å²) in [6.45, 7) is 8.03. The topological polar surface area (TPSA) is 98.7 Å². The Bertz CT molecular complexity index is 273. The number of amides is 2. The van der Waals surface area contributed by atoms with E-state index in [2.05, 4.69) is 10.6 Å². The van der Waals surface area contributed by atoms with E-state index in [1.165, 1.54) is 0 Å². The van der Waals surface area contributed by atoms with Crippen LogP contribution >= 0.6 is 0 Å². The summed E-state index contributed by atoms with van der Waals surface area (Å²) < 4.78 is 0. The molecule has 2 amide bonds. The van der Waals surface area contributed by atoms with Crippen LogP contribution in [-0.2, 0) is 4.79 Å². The van der Waals surface area contributed by atoms with Crippen LogP contribution in [0.5, 0.6) is 0 Å². The molecule has 0 aliphatic rings. The monoisotopic (exact) mass is 246 g/mol. The Labute approximate surface area is 101 Å². The van der Waals surface area contributed by atoms with Gasteiger partial charge in [0.15, 0.2) is 6.10 Å². The maximum atomic E-state index is 11.4. The molecule has 2 atom stereocenters. The van der Waals surface area contributed by atoms with E-state index in [1.54, 1.807) is 0 Å². The van der Waals surface area contributed by atoms with Crippen molar-refractivity contribution in [2.75, 3.05) is 6.54 Å². The van der Waals surface area contributed by atoms with Crippen molar-refractivity contribution in [2.45, 2.75) is 46.3 Å². The highest BCUT2D eigenvalue weighted by Gasteiger charge is 2.21. The molecular weight excluding hydrogens is 224 g/mol. The van der Waals surface area contributed by atoms with Crippen LogP contribution < -0.4 is 10.6 Å². The summed E-state index contributed by atoms with van der Waals surface area (Å²) in [5.74, 6) is -1.28. The SMILES string of the molecule is CC(NC(=O)NCCC(O)C(=O)O)C(C)(C)C. The first-order valence-corrected chi connectivity index (χ1v) is 5.60. The Morgan fingerprint density at radius 1 is 1.29 bits per heavy atom. The quantitative estimate of drug-likeness (QED) is 0.569. The second-order valence-corrected chi connectivity index (χ2v) is 5.13. The molecule has 0 radical (unpaired) electrons. The zero-order chi connectivity index (χ0) is 13.6. The largest absolute Gasteiger partial charge is 0.479 e. The van der Waals surface area contributed by atoms with E-state index < -0.39 is 12.1 Å². The van der Waals surface area contributed by atoms with Crippen molar-refractivity contribution < 1.29 is 19.8 Å². The molecule has 0 fully saturated rings. The third-order valence-electron chi connectivity index (χ3n) is 2.64. The van der Waals surface area contributed by atoms with Gasteiger partial charge in [0.25, 0.3) is 0 Å². The van der Waals surface area contributed by atoms with Gasteiger partial charge in [-0.15, -0.1) is 0 Å². The maximum Gasteiger partial charge on any atom is 0.332 e. The molecule has 0 aromatic carbocycles. The molecule has 6 nitrogen and oxygen atoms in total. The van der Waals surface area contributed by atoms with E-state index in [0.717, 1.165) is 0 Å². The Morgan fingerprint density at radius 2 is 1.82 bits per heavy atom. The highest BCUT2D eigenvalue weighted by atomic mass is 16.4.